The summed E-state index contributed by atoms with van der Waals surface area (Å²) < 4.78 is 28.3. The number of nitrogens with zero attached hydrogens (tertiary/aromatic N) is 5. The highest BCUT2D eigenvalue weighted by Gasteiger charge is 2.50. The third-order valence-corrected chi connectivity index (χ3v) is 6.85. The zero-order chi connectivity index (χ0) is 18.3. The van der Waals surface area contributed by atoms with Crippen LogP contribution in [0, 0.1) is 11.8 Å². The molecule has 0 saturated carbocycles. The normalized spacial score (nSPS) is 27.1. The number of rotatable bonds is 5. The molecule has 1 aromatic carbocycles. The van der Waals surface area contributed by atoms with Gasteiger partial charge in [-0.3, -0.25) is 4.90 Å². The van der Waals surface area contributed by atoms with Crippen molar-refractivity contribution < 1.29 is 8.42 Å². The van der Waals surface area contributed by atoms with Crippen molar-refractivity contribution in [2.45, 2.75) is 26.1 Å². The van der Waals surface area contributed by atoms with Gasteiger partial charge in [0.15, 0.2) is 0 Å². The second-order valence-corrected chi connectivity index (χ2v) is 9.23. The molecular weight excluding hydrogens is 350 g/mol. The van der Waals surface area contributed by atoms with Crippen LogP contribution in [0.15, 0.2) is 36.7 Å². The third kappa shape index (κ3) is 3.17. The first-order valence-electron chi connectivity index (χ1n) is 9.08. The molecule has 8 heteroatoms. The maximum atomic E-state index is 12.4. The predicted octanol–water partition coefficient (Wildman–Crippen LogP) is 1.36. The molecule has 0 aliphatic carbocycles. The molecule has 0 radical (unpaired) electrons. The van der Waals surface area contributed by atoms with Gasteiger partial charge < -0.3 is 0 Å². The van der Waals surface area contributed by atoms with Gasteiger partial charge in [0.2, 0.25) is 10.0 Å². The van der Waals surface area contributed by atoms with E-state index in [1.165, 1.54) is 6.26 Å². The molecule has 3 atom stereocenters. The van der Waals surface area contributed by atoms with Gasteiger partial charge in [0.25, 0.3) is 0 Å². The molecule has 0 N–H and O–H groups in total. The van der Waals surface area contributed by atoms with Crippen molar-refractivity contribution in [3.05, 3.63) is 48.0 Å². The van der Waals surface area contributed by atoms with Crippen molar-refractivity contribution in [1.29, 1.82) is 0 Å². The quantitative estimate of drug-likeness (QED) is 0.789. The molecule has 0 amide bonds. The first-order valence-corrected chi connectivity index (χ1v) is 10.9. The van der Waals surface area contributed by atoms with Gasteiger partial charge in [-0.25, -0.2) is 18.1 Å². The first kappa shape index (κ1) is 17.6. The zero-order valence-corrected chi connectivity index (χ0v) is 16.0. The van der Waals surface area contributed by atoms with E-state index in [1.54, 1.807) is 10.6 Å². The molecule has 2 aliphatic rings. The zero-order valence-electron chi connectivity index (χ0n) is 15.2. The highest BCUT2D eigenvalue weighted by atomic mass is 32.2. The summed E-state index contributed by atoms with van der Waals surface area (Å²) in [5.74, 6) is 1.64. The fourth-order valence-electron chi connectivity index (χ4n) is 4.51. The molecule has 2 saturated heterocycles. The van der Waals surface area contributed by atoms with Gasteiger partial charge in [-0.2, -0.15) is 9.40 Å². The van der Waals surface area contributed by atoms with E-state index in [2.05, 4.69) is 21.9 Å². The van der Waals surface area contributed by atoms with Crippen molar-refractivity contribution >= 4 is 10.0 Å². The lowest BCUT2D eigenvalue weighted by atomic mass is 9.90. The van der Waals surface area contributed by atoms with Crippen molar-refractivity contribution in [2.75, 3.05) is 25.9 Å². The summed E-state index contributed by atoms with van der Waals surface area (Å²) in [6, 6.07) is 9.95. The summed E-state index contributed by atoms with van der Waals surface area (Å²) >= 11 is 0. The van der Waals surface area contributed by atoms with E-state index in [1.807, 2.05) is 35.0 Å². The molecule has 2 aromatic rings. The fourth-order valence-corrected chi connectivity index (χ4v) is 5.66. The average Bonchev–Trinajstić information content (AvgIpc) is 3.29. The van der Waals surface area contributed by atoms with Crippen molar-refractivity contribution in [3.8, 4) is 0 Å². The lowest BCUT2D eigenvalue weighted by Gasteiger charge is -2.28. The van der Waals surface area contributed by atoms with E-state index in [-0.39, 0.29) is 6.04 Å². The maximum Gasteiger partial charge on any atom is 0.211 e. The molecule has 0 spiro atoms. The molecule has 140 valence electrons. The van der Waals surface area contributed by atoms with E-state index in [4.69, 9.17) is 0 Å². The number of sulfonamides is 1. The molecular formula is C18H25N5O2S. The SMILES string of the molecule is CCn1ncnc1CN1C[C@@H]2CN(S(C)(=O)=O)[C@@H](c3ccccc3)[C@@H]2C1. The van der Waals surface area contributed by atoms with E-state index in [0.717, 1.165) is 37.6 Å². The number of fused-ring (bicyclic) bond motifs is 1. The third-order valence-electron chi connectivity index (χ3n) is 5.62. The second-order valence-electron chi connectivity index (χ2n) is 7.30. The van der Waals surface area contributed by atoms with Crippen LogP contribution >= 0.6 is 0 Å². The minimum Gasteiger partial charge on any atom is -0.295 e. The summed E-state index contributed by atoms with van der Waals surface area (Å²) in [5, 5.41) is 4.25. The van der Waals surface area contributed by atoms with Crippen LogP contribution < -0.4 is 0 Å². The van der Waals surface area contributed by atoms with Crippen LogP contribution in [0.5, 0.6) is 0 Å². The summed E-state index contributed by atoms with van der Waals surface area (Å²) in [4.78, 5) is 6.77. The van der Waals surface area contributed by atoms with Crippen LogP contribution in [-0.4, -0.2) is 58.3 Å². The summed E-state index contributed by atoms with van der Waals surface area (Å²) in [7, 11) is -3.23. The maximum absolute atomic E-state index is 12.4. The molecule has 2 aliphatic heterocycles. The summed E-state index contributed by atoms with van der Waals surface area (Å²) in [6.07, 6.45) is 2.93. The van der Waals surface area contributed by atoms with Crippen LogP contribution in [0.4, 0.5) is 0 Å². The van der Waals surface area contributed by atoms with Crippen molar-refractivity contribution in [1.82, 2.24) is 24.0 Å². The Morgan fingerprint density at radius 3 is 2.62 bits per heavy atom. The second kappa shape index (κ2) is 6.75. The van der Waals surface area contributed by atoms with Crippen LogP contribution in [0.25, 0.3) is 0 Å². The number of likely N-dealkylation sites (tertiary alicyclic amines) is 1. The predicted molar refractivity (Wildman–Crippen MR) is 98.7 cm³/mol. The van der Waals surface area contributed by atoms with Gasteiger partial charge in [-0.05, 0) is 24.3 Å². The van der Waals surface area contributed by atoms with Crippen LogP contribution in [0.3, 0.4) is 0 Å². The summed E-state index contributed by atoms with van der Waals surface area (Å²) in [5.41, 5.74) is 1.09. The Morgan fingerprint density at radius 1 is 1.15 bits per heavy atom. The number of aryl methyl sites for hydroxylation is 1. The molecule has 7 nitrogen and oxygen atoms in total. The Balaban J connectivity index is 1.57. The largest absolute Gasteiger partial charge is 0.295 e. The van der Waals surface area contributed by atoms with E-state index in [0.29, 0.717) is 18.4 Å². The number of aromatic nitrogens is 3. The average molecular weight is 375 g/mol. The molecule has 0 unspecified atom stereocenters. The van der Waals surface area contributed by atoms with Crippen LogP contribution in [0.1, 0.15) is 24.4 Å². The smallest absolute Gasteiger partial charge is 0.211 e. The Hall–Kier alpha value is -1.77. The minimum atomic E-state index is -3.23. The standard InChI is InChI=1S/C18H25N5O2S/c1-3-22-17(19-13-20-22)12-21-9-15-10-23(26(2,24)25)18(16(15)11-21)14-7-5-4-6-8-14/h4-8,13,15-16,18H,3,9-12H2,1-2H3/t15-,16-,18+/m1/s1. The monoisotopic (exact) mass is 375 g/mol. The van der Waals surface area contributed by atoms with Crippen molar-refractivity contribution in [2.24, 2.45) is 11.8 Å². The molecule has 1 aromatic heterocycles. The lowest BCUT2D eigenvalue weighted by molar-refractivity contribution is 0.253. The molecule has 0 bridgehead atoms. The van der Waals surface area contributed by atoms with Crippen LogP contribution in [-0.2, 0) is 23.1 Å². The highest BCUT2D eigenvalue weighted by Crippen LogP contribution is 2.46. The molecule has 3 heterocycles. The van der Waals surface area contributed by atoms with Crippen LogP contribution in [0.2, 0.25) is 0 Å². The number of benzene rings is 1. The Morgan fingerprint density at radius 2 is 1.92 bits per heavy atom. The Kier molecular flexibility index (Phi) is 4.58. The lowest BCUT2D eigenvalue weighted by Crippen LogP contribution is -2.35. The molecule has 4 rings (SSSR count). The topological polar surface area (TPSA) is 71.3 Å². The fraction of sp³-hybridized carbons (Fsp3) is 0.556. The molecule has 26 heavy (non-hydrogen) atoms. The first-order chi connectivity index (χ1) is 12.5. The van der Waals surface area contributed by atoms with Gasteiger partial charge in [-0.1, -0.05) is 30.3 Å². The number of hydrogen-bond donors (Lipinski definition) is 0. The summed E-state index contributed by atoms with van der Waals surface area (Å²) in [6.45, 7) is 6.02. The Bertz CT molecular complexity index is 867. The van der Waals surface area contributed by atoms with E-state index < -0.39 is 10.0 Å². The van der Waals surface area contributed by atoms with Gasteiger partial charge in [-0.15, -0.1) is 0 Å². The van der Waals surface area contributed by atoms with Gasteiger partial charge in [0.05, 0.1) is 18.8 Å². The number of hydrogen-bond acceptors (Lipinski definition) is 5. The minimum absolute atomic E-state index is 0.0785. The Labute approximate surface area is 154 Å². The van der Waals surface area contributed by atoms with Gasteiger partial charge >= 0.3 is 0 Å². The van der Waals surface area contributed by atoms with E-state index >= 15 is 0 Å². The van der Waals surface area contributed by atoms with Crippen molar-refractivity contribution in [3.63, 3.8) is 0 Å². The van der Waals surface area contributed by atoms with Gasteiger partial charge in [0.1, 0.15) is 12.2 Å². The van der Waals surface area contributed by atoms with Gasteiger partial charge in [0, 0.05) is 26.2 Å². The highest BCUT2D eigenvalue weighted by molar-refractivity contribution is 7.88. The molecule has 2 fully saturated rings. The van der Waals surface area contributed by atoms with E-state index in [9.17, 15) is 8.42 Å².